The van der Waals surface area contributed by atoms with Crippen molar-refractivity contribution in [1.82, 2.24) is 29.2 Å². The molecule has 2 aliphatic rings. The zero-order valence-corrected chi connectivity index (χ0v) is 20.0. The van der Waals surface area contributed by atoms with Crippen LogP contribution in [0.15, 0.2) is 23.8 Å². The number of anilines is 1. The Morgan fingerprint density at radius 1 is 1.24 bits per heavy atom. The van der Waals surface area contributed by atoms with Crippen molar-refractivity contribution in [1.29, 1.82) is 0 Å². The number of carbonyl (C=O) groups is 1. The second-order valence-electron chi connectivity index (χ2n) is 8.80. The molecule has 12 heteroatoms. The minimum Gasteiger partial charge on any atom is -0.367 e. The third-order valence-corrected chi connectivity index (χ3v) is 7.76. The average molecular weight is 490 g/mol. The lowest BCUT2D eigenvalue weighted by Crippen LogP contribution is -2.41. The molecule has 1 amide bonds. The number of thiol groups is 1. The monoisotopic (exact) mass is 489 g/mol. The van der Waals surface area contributed by atoms with Gasteiger partial charge in [-0.05, 0) is 44.4 Å². The molecule has 1 saturated carbocycles. The molecule has 0 unspecified atom stereocenters. The summed E-state index contributed by atoms with van der Waals surface area (Å²) in [7, 11) is -2.59. The summed E-state index contributed by atoms with van der Waals surface area (Å²) in [5.74, 6) is 1.88. The van der Waals surface area contributed by atoms with E-state index in [1.165, 1.54) is 12.8 Å². The van der Waals surface area contributed by atoms with E-state index in [0.29, 0.717) is 42.9 Å². The van der Waals surface area contributed by atoms with Gasteiger partial charge in [0.2, 0.25) is 10.9 Å². The van der Waals surface area contributed by atoms with Crippen LogP contribution < -0.4 is 10.0 Å². The number of thiazole rings is 1. The number of fused-ring (bicyclic) bond motifs is 1. The molecule has 1 aliphatic heterocycles. The first-order valence-corrected chi connectivity index (χ1v) is 13.3. The minimum atomic E-state index is -2.59. The van der Waals surface area contributed by atoms with Crippen molar-refractivity contribution in [3.8, 4) is 11.4 Å². The maximum Gasteiger partial charge on any atom is 0.272 e. The maximum absolute atomic E-state index is 13.4. The molecule has 3 aromatic heterocycles. The number of likely N-dealkylation sites (tertiary alicyclic amines) is 1. The fourth-order valence-corrected chi connectivity index (χ4v) is 5.48. The molecule has 4 heterocycles. The van der Waals surface area contributed by atoms with Gasteiger partial charge in [0.05, 0.1) is 11.8 Å². The normalized spacial score (nSPS) is 18.2. The van der Waals surface area contributed by atoms with Gasteiger partial charge >= 0.3 is 0 Å². The third kappa shape index (κ3) is 5.02. The van der Waals surface area contributed by atoms with E-state index < -0.39 is 10.9 Å². The average Bonchev–Trinajstić information content (AvgIpc) is 3.43. The van der Waals surface area contributed by atoms with Crippen molar-refractivity contribution in [2.24, 2.45) is 11.8 Å². The van der Waals surface area contributed by atoms with Gasteiger partial charge in [0.1, 0.15) is 16.3 Å². The summed E-state index contributed by atoms with van der Waals surface area (Å²) in [5.41, 5.74) is 1.17. The zero-order chi connectivity index (χ0) is 22.9. The number of aromatic nitrogens is 4. The van der Waals surface area contributed by atoms with Gasteiger partial charge in [0, 0.05) is 43.3 Å². The summed E-state index contributed by atoms with van der Waals surface area (Å²) in [6.45, 7) is 3.71. The Morgan fingerprint density at radius 2 is 2.03 bits per heavy atom. The highest BCUT2D eigenvalue weighted by atomic mass is 32.2. The Labute approximate surface area is 197 Å². The van der Waals surface area contributed by atoms with Gasteiger partial charge in [-0.15, -0.1) is 11.3 Å². The molecular weight excluding hydrogens is 462 g/mol. The molecule has 176 valence electrons. The van der Waals surface area contributed by atoms with Crippen LogP contribution >= 0.6 is 11.3 Å². The van der Waals surface area contributed by atoms with Crippen molar-refractivity contribution in [3.05, 3.63) is 29.5 Å². The van der Waals surface area contributed by atoms with Gasteiger partial charge in [-0.25, -0.2) is 27.6 Å². The second kappa shape index (κ2) is 9.35. The van der Waals surface area contributed by atoms with E-state index in [2.05, 4.69) is 27.0 Å². The van der Waals surface area contributed by atoms with E-state index in [4.69, 9.17) is 4.98 Å². The highest BCUT2D eigenvalue weighted by molar-refractivity contribution is 7.70. The molecule has 1 saturated heterocycles. The molecule has 0 bridgehead atoms. The summed E-state index contributed by atoms with van der Waals surface area (Å²) in [5, 5.41) is 9.79. The molecule has 33 heavy (non-hydrogen) atoms. The Morgan fingerprint density at radius 3 is 2.76 bits per heavy atom. The van der Waals surface area contributed by atoms with Crippen LogP contribution in [0.1, 0.15) is 43.1 Å². The number of piperidine rings is 1. The highest BCUT2D eigenvalue weighted by Crippen LogP contribution is 2.34. The molecule has 3 aromatic rings. The number of hydrogen-bond donors (Lipinski definition) is 3. The Kier molecular flexibility index (Phi) is 6.30. The van der Waals surface area contributed by atoms with Crippen LogP contribution in [0.5, 0.6) is 0 Å². The van der Waals surface area contributed by atoms with Crippen molar-refractivity contribution in [2.45, 2.75) is 38.6 Å². The van der Waals surface area contributed by atoms with Gasteiger partial charge in [0.15, 0.2) is 5.82 Å². The van der Waals surface area contributed by atoms with Crippen LogP contribution in [0.4, 0.5) is 5.82 Å². The first kappa shape index (κ1) is 22.2. The van der Waals surface area contributed by atoms with Crippen LogP contribution in [-0.2, 0) is 10.9 Å². The summed E-state index contributed by atoms with van der Waals surface area (Å²) in [4.78, 5) is 25.5. The topological polar surface area (TPSA) is 122 Å². The van der Waals surface area contributed by atoms with Crippen molar-refractivity contribution in [2.75, 3.05) is 25.0 Å². The highest BCUT2D eigenvalue weighted by Gasteiger charge is 2.29. The van der Waals surface area contributed by atoms with E-state index in [1.54, 1.807) is 33.0 Å². The lowest BCUT2D eigenvalue weighted by atomic mass is 9.97. The summed E-state index contributed by atoms with van der Waals surface area (Å²) in [6, 6.07) is 2.02. The first-order chi connectivity index (χ1) is 16.0. The van der Waals surface area contributed by atoms with E-state index in [9.17, 15) is 13.2 Å². The van der Waals surface area contributed by atoms with E-state index in [0.717, 1.165) is 23.2 Å². The van der Waals surface area contributed by atoms with Crippen LogP contribution in [0.3, 0.4) is 0 Å². The molecule has 0 aromatic carbocycles. The number of nitrogens with zero attached hydrogens (tertiary/aromatic N) is 5. The number of amides is 1. The zero-order valence-electron chi connectivity index (χ0n) is 18.3. The maximum atomic E-state index is 13.4. The molecule has 0 spiro atoms. The number of rotatable bonds is 8. The molecular formula is C21H27N7O3S2. The SMILES string of the molecule is C[C@H](Nc1cc(C(=O)N2CCC(CN[SH](=O)=O)CC2)nc(-c2cnn3ccsc23)n1)C1CC1. The molecule has 0 radical (unpaired) electrons. The van der Waals surface area contributed by atoms with Crippen LogP contribution in [0.2, 0.25) is 0 Å². The Hall–Kier alpha value is -2.57. The lowest BCUT2D eigenvalue weighted by molar-refractivity contribution is 0.0686. The summed E-state index contributed by atoms with van der Waals surface area (Å²) < 4.78 is 25.8. The third-order valence-electron chi connectivity index (χ3n) is 6.43. The smallest absolute Gasteiger partial charge is 0.272 e. The predicted octanol–water partition coefficient (Wildman–Crippen LogP) is 2.03. The van der Waals surface area contributed by atoms with E-state index in [1.807, 2.05) is 11.6 Å². The fourth-order valence-electron chi connectivity index (χ4n) is 4.28. The molecule has 2 N–H and O–H groups in total. The number of carbonyl (C=O) groups excluding carboxylic acids is 1. The molecule has 10 nitrogen and oxygen atoms in total. The van der Waals surface area contributed by atoms with Crippen LogP contribution in [0.25, 0.3) is 16.2 Å². The fraction of sp³-hybridized carbons (Fsp3) is 0.524. The molecule has 1 aliphatic carbocycles. The van der Waals surface area contributed by atoms with Gasteiger partial charge in [-0.1, -0.05) is 0 Å². The standard InChI is InChI=1S/C21H27N7O3S2/c1-13(15-2-3-15)24-18-10-17(20(29)27-6-4-14(5-7-27)11-23-33(30)31)25-19(26-18)16-12-22-28-8-9-32-21(16)28/h8-10,12-15,33H,2-7,11H2,1H3,(H,23,30,31)(H,24,25,26)/t13-/m0/s1. The molecule has 2 fully saturated rings. The number of nitrogens with one attached hydrogen (secondary N) is 2. The Balaban J connectivity index is 1.39. The largest absolute Gasteiger partial charge is 0.367 e. The molecule has 1 atom stereocenters. The van der Waals surface area contributed by atoms with Crippen molar-refractivity contribution in [3.63, 3.8) is 0 Å². The second-order valence-corrected chi connectivity index (χ2v) is 10.5. The van der Waals surface area contributed by atoms with Crippen molar-refractivity contribution < 1.29 is 13.2 Å². The van der Waals surface area contributed by atoms with Gasteiger partial charge in [-0.2, -0.15) is 5.10 Å². The minimum absolute atomic E-state index is 0.128. The van der Waals surface area contributed by atoms with Crippen molar-refractivity contribution >= 4 is 38.8 Å². The molecule has 5 rings (SSSR count). The van der Waals surface area contributed by atoms with Gasteiger partial charge in [-0.3, -0.25) is 4.79 Å². The summed E-state index contributed by atoms with van der Waals surface area (Å²) >= 11 is 1.55. The van der Waals surface area contributed by atoms with E-state index >= 15 is 0 Å². The van der Waals surface area contributed by atoms with Gasteiger partial charge < -0.3 is 10.2 Å². The lowest BCUT2D eigenvalue weighted by Gasteiger charge is -2.31. The van der Waals surface area contributed by atoms with Crippen LogP contribution in [-0.4, -0.2) is 64.5 Å². The number of hydrogen-bond acceptors (Lipinski definition) is 8. The van der Waals surface area contributed by atoms with E-state index in [-0.39, 0.29) is 17.9 Å². The van der Waals surface area contributed by atoms with Gasteiger partial charge in [0.25, 0.3) is 5.91 Å². The van der Waals surface area contributed by atoms with Crippen LogP contribution in [0, 0.1) is 11.8 Å². The first-order valence-electron chi connectivity index (χ1n) is 11.2. The summed E-state index contributed by atoms with van der Waals surface area (Å²) in [6.07, 6.45) is 7.55. The Bertz CT molecular complexity index is 1220. The quantitative estimate of drug-likeness (QED) is 0.414. The predicted molar refractivity (Wildman–Crippen MR) is 127 cm³/mol.